The van der Waals surface area contributed by atoms with Gasteiger partial charge in [0.15, 0.2) is 0 Å². The second-order valence-electron chi connectivity index (χ2n) is 5.39. The number of halogens is 3. The van der Waals surface area contributed by atoms with Crippen LogP contribution in [-0.4, -0.2) is 21.4 Å². The molecular weight excluding hydrogens is 315 g/mol. The highest BCUT2D eigenvalue weighted by Gasteiger charge is 2.35. The lowest BCUT2D eigenvalue weighted by Gasteiger charge is -2.27. The fourth-order valence-electron chi connectivity index (χ4n) is 2.56. The van der Waals surface area contributed by atoms with Crippen LogP contribution in [0.4, 0.5) is 13.2 Å². The van der Waals surface area contributed by atoms with E-state index < -0.39 is 17.6 Å². The Balaban J connectivity index is 1.85. The summed E-state index contributed by atoms with van der Waals surface area (Å²) in [4.78, 5) is 20.4. The molecule has 0 amide bonds. The van der Waals surface area contributed by atoms with Crippen molar-refractivity contribution < 1.29 is 13.2 Å². The van der Waals surface area contributed by atoms with E-state index in [1.807, 2.05) is 22.2 Å². The van der Waals surface area contributed by atoms with Crippen LogP contribution in [0.25, 0.3) is 0 Å². The van der Waals surface area contributed by atoms with E-state index in [-0.39, 0.29) is 12.2 Å². The van der Waals surface area contributed by atoms with Crippen LogP contribution < -0.4 is 5.56 Å². The van der Waals surface area contributed by atoms with Gasteiger partial charge in [-0.2, -0.15) is 13.2 Å². The highest BCUT2D eigenvalue weighted by Crippen LogP contribution is 2.27. The molecule has 0 aliphatic carbocycles. The van der Waals surface area contributed by atoms with Crippen molar-refractivity contribution in [2.75, 3.05) is 6.54 Å². The lowest BCUT2D eigenvalue weighted by molar-refractivity contribution is -0.145. The van der Waals surface area contributed by atoms with Gasteiger partial charge < -0.3 is 4.98 Å². The zero-order chi connectivity index (χ0) is 15.9. The summed E-state index contributed by atoms with van der Waals surface area (Å²) in [7, 11) is 0. The Morgan fingerprint density at radius 1 is 1.45 bits per heavy atom. The van der Waals surface area contributed by atoms with Crippen molar-refractivity contribution >= 4 is 11.3 Å². The molecule has 0 saturated heterocycles. The number of aromatic amines is 1. The number of H-pyrrole nitrogens is 1. The first kappa shape index (κ1) is 15.2. The van der Waals surface area contributed by atoms with E-state index in [4.69, 9.17) is 0 Å². The fourth-order valence-corrected chi connectivity index (χ4v) is 3.47. The Kier molecular flexibility index (Phi) is 3.82. The van der Waals surface area contributed by atoms with Gasteiger partial charge in [0, 0.05) is 30.1 Å². The maximum Gasteiger partial charge on any atom is 0.449 e. The van der Waals surface area contributed by atoms with Crippen molar-refractivity contribution in [2.24, 2.45) is 0 Å². The van der Waals surface area contributed by atoms with E-state index in [2.05, 4.69) is 11.1 Å². The highest BCUT2D eigenvalue weighted by atomic mass is 32.1. The molecule has 4 nitrogen and oxygen atoms in total. The van der Waals surface area contributed by atoms with Crippen molar-refractivity contribution in [3.8, 4) is 0 Å². The van der Waals surface area contributed by atoms with Crippen molar-refractivity contribution in [1.82, 2.24) is 14.9 Å². The molecule has 2 aromatic heterocycles. The van der Waals surface area contributed by atoms with Gasteiger partial charge in [0.25, 0.3) is 5.56 Å². The topological polar surface area (TPSA) is 49.0 Å². The predicted molar refractivity (Wildman–Crippen MR) is 76.7 cm³/mol. The molecule has 0 aromatic carbocycles. The molecule has 0 radical (unpaired) electrons. The fraction of sp³-hybridized carbons (Fsp3) is 0.429. The molecule has 1 N–H and O–H groups in total. The van der Waals surface area contributed by atoms with Gasteiger partial charge in [-0.15, -0.1) is 11.3 Å². The Morgan fingerprint density at radius 3 is 2.86 bits per heavy atom. The zero-order valence-corrected chi connectivity index (χ0v) is 12.6. The van der Waals surface area contributed by atoms with Crippen molar-refractivity contribution in [1.29, 1.82) is 0 Å². The molecule has 2 aromatic rings. The SMILES string of the molecule is Cc1csc(CN2CCc3c(nc(C(F)(F)F)[nH]c3=O)C2)c1. The molecule has 0 spiro atoms. The molecule has 118 valence electrons. The second kappa shape index (κ2) is 5.51. The summed E-state index contributed by atoms with van der Waals surface area (Å²) in [5.74, 6) is -1.22. The second-order valence-corrected chi connectivity index (χ2v) is 6.38. The van der Waals surface area contributed by atoms with Gasteiger partial charge in [0.2, 0.25) is 5.82 Å². The number of aromatic nitrogens is 2. The molecule has 0 unspecified atom stereocenters. The van der Waals surface area contributed by atoms with Gasteiger partial charge in [0.05, 0.1) is 5.69 Å². The standard InChI is InChI=1S/C14H14F3N3OS/c1-8-4-9(22-7-8)5-20-3-2-10-11(6-20)18-13(14(15,16)17)19-12(10)21/h4,7H,2-3,5-6H2,1H3,(H,18,19,21). The third-order valence-electron chi connectivity index (χ3n) is 3.59. The van der Waals surface area contributed by atoms with E-state index in [9.17, 15) is 18.0 Å². The number of rotatable bonds is 2. The van der Waals surface area contributed by atoms with E-state index >= 15 is 0 Å². The molecule has 1 aliphatic heterocycles. The minimum atomic E-state index is -4.64. The smallest absolute Gasteiger partial charge is 0.303 e. The minimum Gasteiger partial charge on any atom is -0.303 e. The van der Waals surface area contributed by atoms with Crippen LogP contribution in [0.2, 0.25) is 0 Å². The zero-order valence-electron chi connectivity index (χ0n) is 11.8. The lowest BCUT2D eigenvalue weighted by atomic mass is 10.1. The maximum atomic E-state index is 12.7. The van der Waals surface area contributed by atoms with Gasteiger partial charge in [-0.1, -0.05) is 0 Å². The van der Waals surface area contributed by atoms with Crippen LogP contribution in [0.3, 0.4) is 0 Å². The highest BCUT2D eigenvalue weighted by molar-refractivity contribution is 7.10. The van der Waals surface area contributed by atoms with Crippen LogP contribution in [0.5, 0.6) is 0 Å². The lowest BCUT2D eigenvalue weighted by Crippen LogP contribution is -2.36. The normalized spacial score (nSPS) is 15.8. The summed E-state index contributed by atoms with van der Waals surface area (Å²) in [6.07, 6.45) is -4.22. The van der Waals surface area contributed by atoms with Crippen LogP contribution in [0.1, 0.15) is 27.5 Å². The average molecular weight is 329 g/mol. The number of fused-ring (bicyclic) bond motifs is 1. The molecule has 0 atom stereocenters. The van der Waals surface area contributed by atoms with Crippen molar-refractivity contribution in [3.05, 3.63) is 49.3 Å². The van der Waals surface area contributed by atoms with Crippen LogP contribution in [-0.2, 0) is 25.7 Å². The van der Waals surface area contributed by atoms with E-state index in [0.29, 0.717) is 25.1 Å². The number of thiophene rings is 1. The molecule has 1 aliphatic rings. The van der Waals surface area contributed by atoms with E-state index in [1.165, 1.54) is 5.56 Å². The van der Waals surface area contributed by atoms with Gasteiger partial charge in [-0.25, -0.2) is 4.98 Å². The summed E-state index contributed by atoms with van der Waals surface area (Å²) in [5.41, 5.74) is 1.09. The minimum absolute atomic E-state index is 0.232. The quantitative estimate of drug-likeness (QED) is 0.922. The Labute approximate surface area is 128 Å². The van der Waals surface area contributed by atoms with Crippen molar-refractivity contribution in [3.63, 3.8) is 0 Å². The van der Waals surface area contributed by atoms with Crippen LogP contribution in [0.15, 0.2) is 16.2 Å². The van der Waals surface area contributed by atoms with E-state index in [0.717, 1.165) is 4.88 Å². The first-order chi connectivity index (χ1) is 10.3. The average Bonchev–Trinajstić information content (AvgIpc) is 2.82. The summed E-state index contributed by atoms with van der Waals surface area (Å²) in [5, 5.41) is 2.04. The first-order valence-electron chi connectivity index (χ1n) is 6.78. The summed E-state index contributed by atoms with van der Waals surface area (Å²) >= 11 is 1.63. The number of hydrogen-bond acceptors (Lipinski definition) is 4. The first-order valence-corrected chi connectivity index (χ1v) is 7.66. The third kappa shape index (κ3) is 3.07. The molecule has 3 rings (SSSR count). The predicted octanol–water partition coefficient (Wildman–Crippen LogP) is 2.72. The van der Waals surface area contributed by atoms with Gasteiger partial charge >= 0.3 is 6.18 Å². The number of aryl methyl sites for hydroxylation is 1. The number of hydrogen-bond donors (Lipinski definition) is 1. The monoisotopic (exact) mass is 329 g/mol. The molecule has 8 heteroatoms. The molecule has 3 heterocycles. The Morgan fingerprint density at radius 2 is 2.23 bits per heavy atom. The summed E-state index contributed by atoms with van der Waals surface area (Å²) in [6, 6.07) is 2.06. The molecule has 22 heavy (non-hydrogen) atoms. The molecule has 0 bridgehead atoms. The number of nitrogens with one attached hydrogen (secondary N) is 1. The van der Waals surface area contributed by atoms with Gasteiger partial charge in [-0.3, -0.25) is 9.69 Å². The van der Waals surface area contributed by atoms with Crippen molar-refractivity contribution in [2.45, 2.75) is 32.6 Å². The molecular formula is C14H14F3N3OS. The third-order valence-corrected chi connectivity index (χ3v) is 4.62. The Hall–Kier alpha value is -1.67. The van der Waals surface area contributed by atoms with Crippen LogP contribution in [0, 0.1) is 6.92 Å². The number of alkyl halides is 3. The maximum absolute atomic E-state index is 12.7. The number of nitrogens with zero attached hydrogens (tertiary/aromatic N) is 2. The Bertz CT molecular complexity index is 751. The van der Waals surface area contributed by atoms with Gasteiger partial charge in [0.1, 0.15) is 0 Å². The largest absolute Gasteiger partial charge is 0.449 e. The molecule has 0 saturated carbocycles. The van der Waals surface area contributed by atoms with Gasteiger partial charge in [-0.05, 0) is 30.4 Å². The summed E-state index contributed by atoms with van der Waals surface area (Å²) < 4.78 is 38.2. The van der Waals surface area contributed by atoms with Crippen LogP contribution >= 0.6 is 11.3 Å². The molecule has 0 fully saturated rings. The summed E-state index contributed by atoms with van der Waals surface area (Å²) in [6.45, 7) is 3.56. The van der Waals surface area contributed by atoms with E-state index in [1.54, 1.807) is 11.3 Å².